The molecule has 6 heterocycles. The van der Waals surface area contributed by atoms with E-state index in [4.69, 9.17) is 8.85 Å². The zero-order chi connectivity index (χ0) is 43.0. The van der Waals surface area contributed by atoms with Gasteiger partial charge in [0.05, 0.1) is 10.8 Å². The Morgan fingerprint density at radius 1 is 0.603 bits per heavy atom. The fraction of sp³-hybridized carbons (Fsp3) is 0.619. The fourth-order valence-corrected chi connectivity index (χ4v) is 13.6. The zero-order valence-corrected chi connectivity index (χ0v) is 38.3. The third kappa shape index (κ3) is 4.56. The van der Waals surface area contributed by atoms with Crippen molar-refractivity contribution in [2.45, 2.75) is 151 Å². The quantitative estimate of drug-likeness (QED) is 0.313. The molecule has 314 valence electrons. The molecule has 0 aliphatic carbocycles. The lowest BCUT2D eigenvalue weighted by molar-refractivity contribution is -0.221. The highest BCUT2D eigenvalue weighted by Gasteiger charge is 2.85. The van der Waals surface area contributed by atoms with E-state index in [-0.39, 0.29) is 22.9 Å². The van der Waals surface area contributed by atoms with Gasteiger partial charge in [-0.3, -0.25) is 29.0 Å². The van der Waals surface area contributed by atoms with Crippen molar-refractivity contribution in [3.63, 3.8) is 0 Å². The molecule has 4 saturated heterocycles. The standard InChI is InChI=1S/C42H60N6O8Si2/c1-35(2,3)57(11,12)55-37(7)31(49)47-29-39(23-41(47,53)33(51)45(37)9,25-19-15-17-21-27(25)43-29)40-24-42(54)34(52)46(10)38(8,56-58(13,14)36(4,5)6)32(50)48(42)30(40)44-28-22-18-16-20-26(28)40/h15-22,29-30,43-44,53-54H,23-24H2,1-14H3/t29-,30-,37-,38?,39+,40+,41-,42-/m1/s1. The van der Waals surface area contributed by atoms with Gasteiger partial charge in [0.1, 0.15) is 12.3 Å². The average Bonchev–Trinajstić information content (AvgIpc) is 3.78. The van der Waals surface area contributed by atoms with Gasteiger partial charge in [0, 0.05) is 38.3 Å². The second kappa shape index (κ2) is 11.5. The Kier molecular flexibility index (Phi) is 8.13. The van der Waals surface area contributed by atoms with E-state index in [0.29, 0.717) is 22.5 Å². The van der Waals surface area contributed by atoms with Crippen molar-refractivity contribution in [3.8, 4) is 0 Å². The van der Waals surface area contributed by atoms with Gasteiger partial charge >= 0.3 is 0 Å². The third-order valence-electron chi connectivity index (χ3n) is 15.8. The van der Waals surface area contributed by atoms with Crippen LogP contribution < -0.4 is 10.6 Å². The van der Waals surface area contributed by atoms with Gasteiger partial charge in [-0.25, -0.2) is 0 Å². The Morgan fingerprint density at radius 3 is 1.22 bits per heavy atom. The number of carbonyl (C=O) groups excluding carboxylic acids is 4. The molecular formula is C42H60N6O8Si2. The van der Waals surface area contributed by atoms with Gasteiger partial charge in [0.25, 0.3) is 23.6 Å². The van der Waals surface area contributed by atoms with Crippen LogP contribution in [0.2, 0.25) is 36.3 Å². The molecule has 4 fully saturated rings. The molecule has 0 radical (unpaired) electrons. The Hall–Kier alpha value is -3.81. The summed E-state index contributed by atoms with van der Waals surface area (Å²) in [6.45, 7) is 23.5. The normalized spacial score (nSPS) is 37.0. The minimum atomic E-state index is -2.74. The predicted molar refractivity (Wildman–Crippen MR) is 223 cm³/mol. The Balaban J connectivity index is 1.38. The van der Waals surface area contributed by atoms with E-state index in [0.717, 1.165) is 0 Å². The summed E-state index contributed by atoms with van der Waals surface area (Å²) < 4.78 is 13.7. The maximum atomic E-state index is 15.5. The maximum absolute atomic E-state index is 15.5. The first-order valence-corrected chi connectivity index (χ1v) is 26.1. The van der Waals surface area contributed by atoms with E-state index >= 15 is 19.2 Å². The molecule has 0 bridgehead atoms. The molecule has 6 aliphatic rings. The lowest BCUT2D eigenvalue weighted by Gasteiger charge is -2.54. The van der Waals surface area contributed by atoms with Crippen molar-refractivity contribution in [1.29, 1.82) is 0 Å². The number of hydrogen-bond acceptors (Lipinski definition) is 10. The van der Waals surface area contributed by atoms with Gasteiger partial charge in [-0.15, -0.1) is 0 Å². The van der Waals surface area contributed by atoms with Crippen molar-refractivity contribution >= 4 is 51.6 Å². The molecule has 0 saturated carbocycles. The largest absolute Gasteiger partial charge is 0.388 e. The average molecular weight is 833 g/mol. The molecule has 2 aromatic carbocycles. The van der Waals surface area contributed by atoms with Gasteiger partial charge in [-0.2, -0.15) is 0 Å². The molecule has 6 aliphatic heterocycles. The first-order valence-electron chi connectivity index (χ1n) is 20.3. The number of piperazine rings is 2. The van der Waals surface area contributed by atoms with Gasteiger partial charge in [-0.05, 0) is 73.4 Å². The fourth-order valence-electron chi connectivity index (χ4n) is 10.6. The zero-order valence-electron chi connectivity index (χ0n) is 36.3. The van der Waals surface area contributed by atoms with E-state index in [1.54, 1.807) is 13.8 Å². The molecule has 4 N–H and O–H groups in total. The Bertz CT molecular complexity index is 2040. The molecule has 8 rings (SSSR count). The van der Waals surface area contributed by atoms with Crippen molar-refractivity contribution < 1.29 is 38.2 Å². The van der Waals surface area contributed by atoms with Crippen LogP contribution in [0.5, 0.6) is 0 Å². The lowest BCUT2D eigenvalue weighted by Crippen LogP contribution is -2.77. The summed E-state index contributed by atoms with van der Waals surface area (Å²) in [6, 6.07) is 15.0. The van der Waals surface area contributed by atoms with E-state index in [1.165, 1.54) is 33.7 Å². The molecule has 16 heteroatoms. The number of carbonyl (C=O) groups is 4. The van der Waals surface area contributed by atoms with Crippen LogP contribution in [-0.4, -0.2) is 119 Å². The summed E-state index contributed by atoms with van der Waals surface area (Å²) in [5.74, 6) is -2.63. The number of amides is 4. The molecule has 14 nitrogen and oxygen atoms in total. The molecule has 0 spiro atoms. The first-order chi connectivity index (χ1) is 26.4. The monoisotopic (exact) mass is 832 g/mol. The first kappa shape index (κ1) is 41.0. The van der Waals surface area contributed by atoms with Crippen molar-refractivity contribution in [2.24, 2.45) is 0 Å². The number of fused-ring (bicyclic) bond motifs is 11. The number of nitrogens with one attached hydrogen (secondary N) is 2. The van der Waals surface area contributed by atoms with E-state index in [2.05, 4.69) is 52.2 Å². The molecule has 0 aromatic heterocycles. The van der Waals surface area contributed by atoms with Crippen LogP contribution in [0.4, 0.5) is 11.4 Å². The van der Waals surface area contributed by atoms with Gasteiger partial charge < -0.3 is 39.5 Å². The lowest BCUT2D eigenvalue weighted by atomic mass is 9.53. The summed E-state index contributed by atoms with van der Waals surface area (Å²) in [5.41, 5.74) is -8.53. The SMILES string of the molecule is CN1C(=O)[C@]2(O)C[C@]3([C@]45C[C@@]6(O)C(=O)N(C)[C@](C)(O[Si](C)(C)C(C)(C)C)C(=O)N6[C@H]4Nc4ccccc45)c4ccccc4N[C@@H]3N2C(=O)C1(C)O[Si](C)(C)C(C)(C)C. The van der Waals surface area contributed by atoms with Crippen molar-refractivity contribution in [1.82, 2.24) is 19.6 Å². The second-order valence-electron chi connectivity index (χ2n) is 20.9. The van der Waals surface area contributed by atoms with Crippen LogP contribution in [-0.2, 0) is 38.9 Å². The van der Waals surface area contributed by atoms with Crippen LogP contribution in [0.25, 0.3) is 0 Å². The van der Waals surface area contributed by atoms with Crippen molar-refractivity contribution in [2.75, 3.05) is 24.7 Å². The topological polar surface area (TPSA) is 164 Å². The number of likely N-dealkylation sites (N-methyl/N-ethyl adjacent to an activating group) is 2. The summed E-state index contributed by atoms with van der Waals surface area (Å²) in [7, 11) is -2.48. The highest BCUT2D eigenvalue weighted by Crippen LogP contribution is 2.72. The van der Waals surface area contributed by atoms with Crippen LogP contribution >= 0.6 is 0 Å². The van der Waals surface area contributed by atoms with Gasteiger partial charge in [0.2, 0.25) is 22.9 Å². The Labute approximate surface area is 343 Å². The molecule has 4 amide bonds. The molecule has 8 atom stereocenters. The molecule has 1 unspecified atom stereocenters. The number of benzene rings is 2. The predicted octanol–water partition coefficient (Wildman–Crippen LogP) is 4.63. The third-order valence-corrected chi connectivity index (χ3v) is 24.9. The van der Waals surface area contributed by atoms with Crippen LogP contribution in [0.1, 0.15) is 79.4 Å². The minimum absolute atomic E-state index is 0.313. The number of rotatable bonds is 5. The van der Waals surface area contributed by atoms with Crippen molar-refractivity contribution in [3.05, 3.63) is 59.7 Å². The highest BCUT2D eigenvalue weighted by molar-refractivity contribution is 6.74. The summed E-state index contributed by atoms with van der Waals surface area (Å²) >= 11 is 0. The number of aliphatic hydroxyl groups is 2. The number of anilines is 2. The maximum Gasteiger partial charge on any atom is 0.279 e. The van der Waals surface area contributed by atoms with Crippen LogP contribution in [0, 0.1) is 0 Å². The number of hydrogen-bond donors (Lipinski definition) is 4. The molecular weight excluding hydrogens is 773 g/mol. The molecule has 58 heavy (non-hydrogen) atoms. The van der Waals surface area contributed by atoms with Gasteiger partial charge in [0.15, 0.2) is 16.6 Å². The van der Waals surface area contributed by atoms with Crippen LogP contribution in [0.3, 0.4) is 0 Å². The number of para-hydroxylation sites is 2. The smallest absolute Gasteiger partial charge is 0.279 e. The minimum Gasteiger partial charge on any atom is -0.388 e. The van der Waals surface area contributed by atoms with Gasteiger partial charge in [-0.1, -0.05) is 77.9 Å². The van der Waals surface area contributed by atoms with E-state index in [9.17, 15) is 10.2 Å². The highest BCUT2D eigenvalue weighted by atomic mass is 28.4. The summed E-state index contributed by atoms with van der Waals surface area (Å²) in [5, 5.41) is 32.6. The second-order valence-corrected chi connectivity index (χ2v) is 30.3. The molecule has 2 aromatic rings. The van der Waals surface area contributed by atoms with E-state index < -0.39 is 86.3 Å². The number of nitrogens with zero attached hydrogens (tertiary/aromatic N) is 4. The Morgan fingerprint density at radius 2 is 0.914 bits per heavy atom. The van der Waals surface area contributed by atoms with E-state index in [1.807, 2.05) is 74.7 Å². The van der Waals surface area contributed by atoms with Crippen LogP contribution in [0.15, 0.2) is 48.5 Å². The summed E-state index contributed by atoms with van der Waals surface area (Å²) in [4.78, 5) is 65.9. The summed E-state index contributed by atoms with van der Waals surface area (Å²) in [6.07, 6.45) is -2.82.